The third-order valence-electron chi connectivity index (χ3n) is 2.18. The second-order valence-corrected chi connectivity index (χ2v) is 5.19. The molecule has 1 aromatic carbocycles. The molecule has 1 heterocycles. The first-order chi connectivity index (χ1) is 8.29. The van der Waals surface area contributed by atoms with E-state index in [1.54, 1.807) is 24.3 Å². The summed E-state index contributed by atoms with van der Waals surface area (Å²) in [6.07, 6.45) is 2.75. The molecule has 1 aliphatic heterocycles. The van der Waals surface area contributed by atoms with Crippen LogP contribution in [0.2, 0.25) is 5.28 Å². The van der Waals surface area contributed by atoms with E-state index in [4.69, 9.17) is 13.6 Å². The van der Waals surface area contributed by atoms with E-state index in [9.17, 15) is 4.79 Å². The first-order valence-electron chi connectivity index (χ1n) is 5.76. The highest BCUT2D eigenvalue weighted by Crippen LogP contribution is 2.07. The molecule has 0 radical (unpaired) electrons. The van der Waals surface area contributed by atoms with Gasteiger partial charge in [0.15, 0.2) is 6.61 Å². The topological polar surface area (TPSA) is 55.8 Å². The number of rotatable bonds is 3. The minimum Gasteiger partial charge on any atom is -0.503 e. The van der Waals surface area contributed by atoms with Gasteiger partial charge in [-0.15, -0.1) is 0 Å². The fourth-order valence-corrected chi connectivity index (χ4v) is 2.52. The van der Waals surface area contributed by atoms with E-state index in [0.29, 0.717) is 5.75 Å². The number of aliphatic carboxylic acids is 1. The predicted octanol–water partition coefficient (Wildman–Crippen LogP) is 1.72. The molecule has 2 rings (SSSR count). The molecular weight excluding hydrogens is 235 g/mol. The molecule has 0 saturated carbocycles. The van der Waals surface area contributed by atoms with Gasteiger partial charge in [0, 0.05) is 6.61 Å². The highest BCUT2D eigenvalue weighted by atomic mass is 27.1. The summed E-state index contributed by atoms with van der Waals surface area (Å²) in [6, 6.07) is 8.84. The number of ether oxygens (including phenoxy) is 1. The van der Waals surface area contributed by atoms with Crippen LogP contribution in [0.4, 0.5) is 0 Å². The molecule has 0 aliphatic carbocycles. The van der Waals surface area contributed by atoms with Crippen LogP contribution in [0.1, 0.15) is 12.8 Å². The van der Waals surface area contributed by atoms with Gasteiger partial charge < -0.3 is 13.6 Å². The Kier molecular flexibility index (Phi) is 7.48. The SMILES string of the molecule is C1C[CH2][AlH][O]C1.O=C(O)COc1ccccc1. The summed E-state index contributed by atoms with van der Waals surface area (Å²) < 4.78 is 10.1. The van der Waals surface area contributed by atoms with Crippen LogP contribution in [0.25, 0.3) is 0 Å². The van der Waals surface area contributed by atoms with Crippen molar-refractivity contribution in [2.75, 3.05) is 13.2 Å². The second-order valence-electron chi connectivity index (χ2n) is 3.67. The van der Waals surface area contributed by atoms with Crippen LogP contribution in [0.3, 0.4) is 0 Å². The lowest BCUT2D eigenvalue weighted by atomic mass is 10.3. The molecule has 1 saturated heterocycles. The van der Waals surface area contributed by atoms with Crippen molar-refractivity contribution < 1.29 is 18.4 Å². The van der Waals surface area contributed by atoms with Gasteiger partial charge in [-0.05, 0) is 18.6 Å². The van der Waals surface area contributed by atoms with Crippen molar-refractivity contribution in [1.82, 2.24) is 0 Å². The Bertz CT molecular complexity index is 300. The molecule has 1 aliphatic rings. The maximum absolute atomic E-state index is 10.0. The Morgan fingerprint density at radius 2 is 2.12 bits per heavy atom. The van der Waals surface area contributed by atoms with Crippen LogP contribution in [0, 0.1) is 0 Å². The van der Waals surface area contributed by atoms with Gasteiger partial charge in [-0.3, -0.25) is 0 Å². The standard InChI is InChI=1S/C8H8O3.C4H8O.Al.H/c9-8(10)6-11-7-4-2-1-3-5-7;1-2-3-4-5;;/h1-5H,6H2,(H,9,10);1-4H2;;/q;-1;+1;. The molecule has 0 aromatic heterocycles. The number of carboxylic acid groups (broad SMARTS) is 1. The van der Waals surface area contributed by atoms with E-state index in [1.807, 2.05) is 6.07 Å². The highest BCUT2D eigenvalue weighted by Gasteiger charge is 2.00. The zero-order chi connectivity index (χ0) is 12.3. The molecule has 4 nitrogen and oxygen atoms in total. The molecule has 17 heavy (non-hydrogen) atoms. The van der Waals surface area contributed by atoms with Crippen LogP contribution >= 0.6 is 0 Å². The number of hydrogen-bond donors (Lipinski definition) is 1. The van der Waals surface area contributed by atoms with Crippen molar-refractivity contribution in [2.45, 2.75) is 18.1 Å². The van der Waals surface area contributed by atoms with Crippen molar-refractivity contribution in [3.05, 3.63) is 30.3 Å². The first kappa shape index (κ1) is 14.0. The van der Waals surface area contributed by atoms with Crippen molar-refractivity contribution >= 4 is 21.5 Å². The Hall–Kier alpha value is -1.02. The van der Waals surface area contributed by atoms with Crippen LogP contribution in [0.5, 0.6) is 5.75 Å². The van der Waals surface area contributed by atoms with E-state index in [-0.39, 0.29) is 22.2 Å². The molecule has 1 N–H and O–H groups in total. The smallest absolute Gasteiger partial charge is 0.435 e. The van der Waals surface area contributed by atoms with E-state index < -0.39 is 5.97 Å². The molecule has 0 amide bonds. The van der Waals surface area contributed by atoms with E-state index in [2.05, 4.69) is 0 Å². The molecule has 0 spiro atoms. The van der Waals surface area contributed by atoms with E-state index >= 15 is 0 Å². The molecule has 0 atom stereocenters. The molecule has 0 unspecified atom stereocenters. The Morgan fingerprint density at radius 3 is 2.53 bits per heavy atom. The van der Waals surface area contributed by atoms with Gasteiger partial charge in [-0.25, -0.2) is 4.79 Å². The van der Waals surface area contributed by atoms with Crippen molar-refractivity contribution in [3.8, 4) is 5.75 Å². The minimum atomic E-state index is -0.964. The zero-order valence-electron chi connectivity index (χ0n) is 9.80. The first-order valence-corrected chi connectivity index (χ1v) is 7.34. The molecule has 0 bridgehead atoms. The fourth-order valence-electron chi connectivity index (χ4n) is 1.35. The van der Waals surface area contributed by atoms with Crippen LogP contribution in [-0.2, 0) is 8.58 Å². The van der Waals surface area contributed by atoms with E-state index in [1.165, 1.54) is 18.1 Å². The summed E-state index contributed by atoms with van der Waals surface area (Å²) in [5.41, 5.74) is 0. The maximum Gasteiger partial charge on any atom is 0.435 e. The summed E-state index contributed by atoms with van der Waals surface area (Å²) in [7, 11) is 0. The highest BCUT2D eigenvalue weighted by molar-refractivity contribution is 6.27. The lowest BCUT2D eigenvalue weighted by Gasteiger charge is -2.06. The third-order valence-corrected chi connectivity index (χ3v) is 3.55. The minimum absolute atomic E-state index is 0.00849. The van der Waals surface area contributed by atoms with Gasteiger partial charge in [0.25, 0.3) is 0 Å². The van der Waals surface area contributed by atoms with Crippen molar-refractivity contribution in [2.24, 2.45) is 0 Å². The predicted molar refractivity (Wildman–Crippen MR) is 66.7 cm³/mol. The summed E-state index contributed by atoms with van der Waals surface area (Å²) in [5.74, 6) is -0.385. The molecule has 92 valence electrons. The third kappa shape index (κ3) is 7.81. The van der Waals surface area contributed by atoms with Gasteiger partial charge in [-0.2, -0.15) is 0 Å². The van der Waals surface area contributed by atoms with Gasteiger partial charge in [0.1, 0.15) is 5.75 Å². The number of carbonyl (C=O) groups is 1. The quantitative estimate of drug-likeness (QED) is 0.832. The zero-order valence-corrected chi connectivity index (χ0v) is 11.2. The average molecular weight is 252 g/mol. The Morgan fingerprint density at radius 1 is 1.35 bits per heavy atom. The normalized spacial score (nSPS) is 13.9. The van der Waals surface area contributed by atoms with E-state index in [0.717, 1.165) is 6.61 Å². The van der Waals surface area contributed by atoms with Gasteiger partial charge >= 0.3 is 21.5 Å². The summed E-state index contributed by atoms with van der Waals surface area (Å²) in [5, 5.41) is 9.67. The number of para-hydroxylation sites is 1. The summed E-state index contributed by atoms with van der Waals surface area (Å²) >= 11 is 0.00849. The lowest BCUT2D eigenvalue weighted by molar-refractivity contribution is -0.139. The number of carboxylic acids is 1. The van der Waals surface area contributed by atoms with Gasteiger partial charge in [0.2, 0.25) is 0 Å². The summed E-state index contributed by atoms with van der Waals surface area (Å²) in [4.78, 5) is 10.0. The van der Waals surface area contributed by atoms with Crippen molar-refractivity contribution in [1.29, 1.82) is 0 Å². The number of benzene rings is 1. The Balaban J connectivity index is 0.000000202. The van der Waals surface area contributed by atoms with Gasteiger partial charge in [0.05, 0.1) is 0 Å². The molecular formula is C12H17AlO4. The average Bonchev–Trinajstić information content (AvgIpc) is 2.40. The van der Waals surface area contributed by atoms with Crippen LogP contribution < -0.4 is 4.74 Å². The van der Waals surface area contributed by atoms with Crippen LogP contribution in [0.15, 0.2) is 30.3 Å². The largest absolute Gasteiger partial charge is 0.503 e. The van der Waals surface area contributed by atoms with Crippen LogP contribution in [-0.4, -0.2) is 39.8 Å². The Labute approximate surface area is 108 Å². The fraction of sp³-hybridized carbons (Fsp3) is 0.417. The lowest BCUT2D eigenvalue weighted by Crippen LogP contribution is -2.09. The van der Waals surface area contributed by atoms with Gasteiger partial charge in [-0.1, -0.05) is 29.9 Å². The summed E-state index contributed by atoms with van der Waals surface area (Å²) in [6.45, 7) is 0.774. The monoisotopic (exact) mass is 252 g/mol. The number of hydrogen-bond acceptors (Lipinski definition) is 3. The second kappa shape index (κ2) is 9.06. The molecule has 1 aromatic rings. The molecule has 5 heteroatoms. The maximum atomic E-state index is 10.0. The van der Waals surface area contributed by atoms with Crippen molar-refractivity contribution in [3.63, 3.8) is 0 Å². The molecule has 1 fully saturated rings.